The average Bonchev–Trinajstić information content (AvgIpc) is 2.83. The molecule has 2 aliphatic rings. The Morgan fingerprint density at radius 3 is 3.00 bits per heavy atom. The number of anilines is 1. The van der Waals surface area contributed by atoms with Gasteiger partial charge in [0.05, 0.1) is 0 Å². The Morgan fingerprint density at radius 1 is 1.38 bits per heavy atom. The lowest BCUT2D eigenvalue weighted by Gasteiger charge is -2.29. The number of fused-ring (bicyclic) bond motifs is 1. The van der Waals surface area contributed by atoms with Crippen LogP contribution in [-0.4, -0.2) is 64.5 Å². The second-order valence-corrected chi connectivity index (χ2v) is 6.10. The zero-order valence-electron chi connectivity index (χ0n) is 13.0. The van der Waals surface area contributed by atoms with Gasteiger partial charge in [0.1, 0.15) is 5.69 Å². The smallest absolute Gasteiger partial charge is 0.274 e. The molecule has 1 amide bonds. The number of carbonyl (C=O) groups is 1. The van der Waals surface area contributed by atoms with Crippen LogP contribution in [0.2, 0.25) is 0 Å². The highest BCUT2D eigenvalue weighted by molar-refractivity contribution is 5.93. The third kappa shape index (κ3) is 2.90. The van der Waals surface area contributed by atoms with E-state index in [1.807, 2.05) is 11.1 Å². The maximum absolute atomic E-state index is 12.9. The van der Waals surface area contributed by atoms with Gasteiger partial charge in [0, 0.05) is 38.4 Å². The number of aryl methyl sites for hydroxylation is 1. The minimum atomic E-state index is 0.0841. The van der Waals surface area contributed by atoms with Gasteiger partial charge in [-0.15, -0.1) is 0 Å². The normalized spacial score (nSPS) is 23.3. The summed E-state index contributed by atoms with van der Waals surface area (Å²) in [6.45, 7) is 6.88. The number of imidazole rings is 1. The molecule has 1 atom stereocenters. The molecule has 0 aromatic carbocycles. The van der Waals surface area contributed by atoms with Gasteiger partial charge in [0.25, 0.3) is 5.91 Å². The minimum absolute atomic E-state index is 0.0841. The van der Waals surface area contributed by atoms with Crippen molar-refractivity contribution in [1.82, 2.24) is 19.4 Å². The second kappa shape index (κ2) is 6.05. The average molecular weight is 291 g/mol. The van der Waals surface area contributed by atoms with Crippen LogP contribution >= 0.6 is 0 Å². The first-order chi connectivity index (χ1) is 10.2. The largest absolute Gasteiger partial charge is 0.356 e. The SMILES string of the molecule is CCC1CN(C)CCCN1C(=O)c1cn2c(n1)NCCC2. The first-order valence-electron chi connectivity index (χ1n) is 7.99. The van der Waals surface area contributed by atoms with Crippen molar-refractivity contribution in [2.75, 3.05) is 38.5 Å². The van der Waals surface area contributed by atoms with Crippen LogP contribution < -0.4 is 5.32 Å². The lowest BCUT2D eigenvalue weighted by Crippen LogP contribution is -2.43. The Labute approximate surface area is 126 Å². The van der Waals surface area contributed by atoms with Crippen molar-refractivity contribution in [2.45, 2.75) is 38.8 Å². The first kappa shape index (κ1) is 14.4. The van der Waals surface area contributed by atoms with E-state index in [4.69, 9.17) is 0 Å². The van der Waals surface area contributed by atoms with Crippen LogP contribution in [0.25, 0.3) is 0 Å². The summed E-state index contributed by atoms with van der Waals surface area (Å²) in [6, 6.07) is 0.289. The van der Waals surface area contributed by atoms with Crippen LogP contribution in [0.15, 0.2) is 6.20 Å². The van der Waals surface area contributed by atoms with Crippen molar-refractivity contribution < 1.29 is 4.79 Å². The maximum Gasteiger partial charge on any atom is 0.274 e. The predicted molar refractivity (Wildman–Crippen MR) is 82.6 cm³/mol. The highest BCUT2D eigenvalue weighted by Gasteiger charge is 2.29. The summed E-state index contributed by atoms with van der Waals surface area (Å²) in [5.41, 5.74) is 0.586. The molecule has 116 valence electrons. The van der Waals surface area contributed by atoms with E-state index in [2.05, 4.69) is 33.7 Å². The van der Waals surface area contributed by atoms with Gasteiger partial charge in [-0.3, -0.25) is 4.79 Å². The molecule has 0 saturated carbocycles. The van der Waals surface area contributed by atoms with Crippen LogP contribution in [0.4, 0.5) is 5.95 Å². The molecule has 1 saturated heterocycles. The molecular formula is C15H25N5O. The summed E-state index contributed by atoms with van der Waals surface area (Å²) in [6.07, 6.45) is 5.01. The van der Waals surface area contributed by atoms with E-state index in [9.17, 15) is 4.79 Å². The van der Waals surface area contributed by atoms with Gasteiger partial charge in [0.15, 0.2) is 0 Å². The number of carbonyl (C=O) groups excluding carboxylic acids is 1. The molecule has 0 spiro atoms. The molecule has 6 heteroatoms. The molecule has 1 aromatic rings. The zero-order chi connectivity index (χ0) is 14.8. The summed E-state index contributed by atoms with van der Waals surface area (Å²) in [5.74, 6) is 0.922. The molecule has 0 radical (unpaired) electrons. The third-order valence-corrected chi connectivity index (χ3v) is 4.49. The van der Waals surface area contributed by atoms with E-state index >= 15 is 0 Å². The Kier molecular flexibility index (Phi) is 4.14. The molecule has 21 heavy (non-hydrogen) atoms. The summed E-state index contributed by atoms with van der Waals surface area (Å²) in [5, 5.41) is 3.26. The maximum atomic E-state index is 12.9. The van der Waals surface area contributed by atoms with Crippen molar-refractivity contribution in [1.29, 1.82) is 0 Å². The van der Waals surface area contributed by atoms with E-state index in [-0.39, 0.29) is 11.9 Å². The van der Waals surface area contributed by atoms with Crippen LogP contribution in [0.5, 0.6) is 0 Å². The topological polar surface area (TPSA) is 53.4 Å². The highest BCUT2D eigenvalue weighted by atomic mass is 16.2. The fourth-order valence-corrected chi connectivity index (χ4v) is 3.29. The Hall–Kier alpha value is -1.56. The molecule has 3 heterocycles. The second-order valence-electron chi connectivity index (χ2n) is 6.10. The number of amides is 1. The minimum Gasteiger partial charge on any atom is -0.356 e. The van der Waals surface area contributed by atoms with Gasteiger partial charge in [0.2, 0.25) is 5.95 Å². The van der Waals surface area contributed by atoms with E-state index in [1.54, 1.807) is 0 Å². The van der Waals surface area contributed by atoms with Crippen molar-refractivity contribution in [2.24, 2.45) is 0 Å². The molecule has 1 unspecified atom stereocenters. The number of hydrogen-bond donors (Lipinski definition) is 1. The zero-order valence-corrected chi connectivity index (χ0v) is 13.0. The van der Waals surface area contributed by atoms with Gasteiger partial charge < -0.3 is 19.7 Å². The number of likely N-dealkylation sites (N-methyl/N-ethyl adjacent to an activating group) is 1. The molecule has 0 bridgehead atoms. The number of nitrogens with one attached hydrogen (secondary N) is 1. The quantitative estimate of drug-likeness (QED) is 0.891. The van der Waals surface area contributed by atoms with Crippen molar-refractivity contribution in [3.63, 3.8) is 0 Å². The van der Waals surface area contributed by atoms with E-state index < -0.39 is 0 Å². The lowest BCUT2D eigenvalue weighted by atomic mass is 10.1. The predicted octanol–water partition coefficient (Wildman–Crippen LogP) is 1.25. The third-order valence-electron chi connectivity index (χ3n) is 4.49. The Morgan fingerprint density at radius 2 is 2.24 bits per heavy atom. The first-order valence-corrected chi connectivity index (χ1v) is 7.99. The van der Waals surface area contributed by atoms with Crippen molar-refractivity contribution in [3.05, 3.63) is 11.9 Å². The number of aromatic nitrogens is 2. The van der Waals surface area contributed by atoms with Crippen molar-refractivity contribution >= 4 is 11.9 Å². The van der Waals surface area contributed by atoms with Crippen LogP contribution in [0.3, 0.4) is 0 Å². The highest BCUT2D eigenvalue weighted by Crippen LogP contribution is 2.19. The van der Waals surface area contributed by atoms with Crippen LogP contribution in [0, 0.1) is 0 Å². The van der Waals surface area contributed by atoms with E-state index in [0.29, 0.717) is 5.69 Å². The molecule has 1 aromatic heterocycles. The Balaban J connectivity index is 1.80. The molecular weight excluding hydrogens is 266 g/mol. The monoisotopic (exact) mass is 291 g/mol. The fraction of sp³-hybridized carbons (Fsp3) is 0.733. The number of rotatable bonds is 2. The van der Waals surface area contributed by atoms with Gasteiger partial charge >= 0.3 is 0 Å². The van der Waals surface area contributed by atoms with Gasteiger partial charge in [-0.2, -0.15) is 0 Å². The van der Waals surface area contributed by atoms with E-state index in [1.165, 1.54) is 0 Å². The molecule has 1 fully saturated rings. The van der Waals surface area contributed by atoms with Gasteiger partial charge in [-0.25, -0.2) is 4.98 Å². The molecule has 1 N–H and O–H groups in total. The summed E-state index contributed by atoms with van der Waals surface area (Å²) < 4.78 is 2.06. The molecule has 6 nitrogen and oxygen atoms in total. The van der Waals surface area contributed by atoms with Gasteiger partial charge in [-0.05, 0) is 32.9 Å². The summed E-state index contributed by atoms with van der Waals surface area (Å²) in [7, 11) is 2.13. The van der Waals surface area contributed by atoms with Crippen LogP contribution in [0.1, 0.15) is 36.7 Å². The molecule has 3 rings (SSSR count). The number of hydrogen-bond acceptors (Lipinski definition) is 4. The standard InChI is InChI=1S/C15H25N5O/c1-3-12-10-18(2)7-5-9-20(12)14(21)13-11-19-8-4-6-16-15(19)17-13/h11-12H,3-10H2,1-2H3,(H,16,17). The summed E-state index contributed by atoms with van der Waals surface area (Å²) in [4.78, 5) is 21.7. The lowest BCUT2D eigenvalue weighted by molar-refractivity contribution is 0.0670. The van der Waals surface area contributed by atoms with Crippen LogP contribution in [-0.2, 0) is 6.54 Å². The molecule has 2 aliphatic heterocycles. The van der Waals surface area contributed by atoms with Crippen molar-refractivity contribution in [3.8, 4) is 0 Å². The van der Waals surface area contributed by atoms with E-state index in [0.717, 1.165) is 57.9 Å². The summed E-state index contributed by atoms with van der Waals surface area (Å²) >= 11 is 0. The molecule has 0 aliphatic carbocycles. The Bertz CT molecular complexity index is 489. The number of nitrogens with zero attached hydrogens (tertiary/aromatic N) is 4. The fourth-order valence-electron chi connectivity index (χ4n) is 3.29. The van der Waals surface area contributed by atoms with Gasteiger partial charge in [-0.1, -0.05) is 6.92 Å².